The van der Waals surface area contributed by atoms with Crippen molar-refractivity contribution in [2.75, 3.05) is 13.1 Å². The summed E-state index contributed by atoms with van der Waals surface area (Å²) in [6.07, 6.45) is 1.33. The number of aromatic hydroxyl groups is 1. The molecular weight excluding hydrogens is 190 g/mol. The second-order valence-corrected chi connectivity index (χ2v) is 4.14. The number of hydrogen-bond acceptors (Lipinski definition) is 3. The maximum Gasteiger partial charge on any atom is 0.121 e. The number of aryl methyl sites for hydroxylation is 2. The van der Waals surface area contributed by atoms with Crippen LogP contribution >= 0.6 is 0 Å². The molecule has 1 heterocycles. The number of hydrogen-bond donors (Lipinski definition) is 2. The van der Waals surface area contributed by atoms with E-state index in [1.54, 1.807) is 0 Å². The summed E-state index contributed by atoms with van der Waals surface area (Å²) in [4.78, 5) is 0. The second kappa shape index (κ2) is 4.11. The third kappa shape index (κ3) is 2.23. The molecule has 3 nitrogen and oxygen atoms in total. The highest BCUT2D eigenvalue weighted by Crippen LogP contribution is 2.27. The van der Waals surface area contributed by atoms with E-state index in [1.165, 1.54) is 0 Å². The molecule has 1 aromatic rings. The molecule has 0 spiro atoms. The Labute approximate surface area is 90.1 Å². The van der Waals surface area contributed by atoms with Crippen LogP contribution in [0.2, 0.25) is 0 Å². The molecule has 82 valence electrons. The maximum atomic E-state index is 9.62. The molecule has 0 radical (unpaired) electrons. The van der Waals surface area contributed by atoms with Gasteiger partial charge in [-0.1, -0.05) is 0 Å². The highest BCUT2D eigenvalue weighted by atomic mass is 16.5. The van der Waals surface area contributed by atoms with Gasteiger partial charge in [0, 0.05) is 6.54 Å². The third-order valence-electron chi connectivity index (χ3n) is 2.78. The third-order valence-corrected chi connectivity index (χ3v) is 2.78. The van der Waals surface area contributed by atoms with Crippen LogP contribution < -0.4 is 10.1 Å². The first-order chi connectivity index (χ1) is 7.16. The lowest BCUT2D eigenvalue weighted by Crippen LogP contribution is -2.19. The molecule has 0 aromatic heterocycles. The van der Waals surface area contributed by atoms with Gasteiger partial charge in [-0.05, 0) is 50.1 Å². The number of nitrogens with one attached hydrogen (secondary N) is 1. The highest BCUT2D eigenvalue weighted by Gasteiger charge is 2.16. The van der Waals surface area contributed by atoms with Crippen LogP contribution in [0.4, 0.5) is 0 Å². The Hall–Kier alpha value is -1.22. The predicted octanol–water partition coefficient (Wildman–Crippen LogP) is 1.75. The molecule has 1 aliphatic heterocycles. The fourth-order valence-electron chi connectivity index (χ4n) is 1.91. The Kier molecular flexibility index (Phi) is 2.82. The molecule has 1 aliphatic rings. The average Bonchev–Trinajstić information content (AvgIpc) is 2.66. The number of ether oxygens (including phenoxy) is 1. The van der Waals surface area contributed by atoms with Crippen LogP contribution in [-0.2, 0) is 0 Å². The van der Waals surface area contributed by atoms with Crippen molar-refractivity contribution < 1.29 is 9.84 Å². The summed E-state index contributed by atoms with van der Waals surface area (Å²) in [7, 11) is 0. The van der Waals surface area contributed by atoms with Gasteiger partial charge in [-0.3, -0.25) is 0 Å². The van der Waals surface area contributed by atoms with Crippen LogP contribution in [0.5, 0.6) is 11.5 Å². The van der Waals surface area contributed by atoms with Crippen LogP contribution in [-0.4, -0.2) is 24.3 Å². The molecule has 0 saturated carbocycles. The standard InChI is InChI=1S/C12H17NO2/c1-8-5-11(6-9(2)12(8)14)15-10-3-4-13-7-10/h5-6,10,13-14H,3-4,7H2,1-2H3. The number of phenols is 1. The van der Waals surface area contributed by atoms with Crippen molar-refractivity contribution in [2.45, 2.75) is 26.4 Å². The van der Waals surface area contributed by atoms with Gasteiger partial charge in [0.05, 0.1) is 0 Å². The Balaban J connectivity index is 2.14. The summed E-state index contributed by atoms with van der Waals surface area (Å²) in [5.41, 5.74) is 1.74. The largest absolute Gasteiger partial charge is 0.507 e. The van der Waals surface area contributed by atoms with Gasteiger partial charge in [0.2, 0.25) is 0 Å². The number of benzene rings is 1. The van der Waals surface area contributed by atoms with Gasteiger partial charge >= 0.3 is 0 Å². The molecule has 0 amide bonds. The predicted molar refractivity (Wildman–Crippen MR) is 59.5 cm³/mol. The molecule has 1 atom stereocenters. The molecule has 1 aromatic carbocycles. The summed E-state index contributed by atoms with van der Waals surface area (Å²) in [5, 5.41) is 12.9. The Morgan fingerprint density at radius 1 is 1.33 bits per heavy atom. The van der Waals surface area contributed by atoms with Gasteiger partial charge in [-0.25, -0.2) is 0 Å². The van der Waals surface area contributed by atoms with Gasteiger partial charge in [0.25, 0.3) is 0 Å². The van der Waals surface area contributed by atoms with E-state index in [2.05, 4.69) is 5.32 Å². The van der Waals surface area contributed by atoms with Crippen molar-refractivity contribution in [3.05, 3.63) is 23.3 Å². The van der Waals surface area contributed by atoms with E-state index in [0.717, 1.165) is 36.4 Å². The fourth-order valence-corrected chi connectivity index (χ4v) is 1.91. The van der Waals surface area contributed by atoms with E-state index in [9.17, 15) is 5.11 Å². The van der Waals surface area contributed by atoms with Crippen molar-refractivity contribution in [1.82, 2.24) is 5.32 Å². The lowest BCUT2D eigenvalue weighted by atomic mass is 10.1. The topological polar surface area (TPSA) is 41.5 Å². The SMILES string of the molecule is Cc1cc(OC2CCNC2)cc(C)c1O. The second-order valence-electron chi connectivity index (χ2n) is 4.14. The van der Waals surface area contributed by atoms with Gasteiger partial charge in [0.15, 0.2) is 0 Å². The van der Waals surface area contributed by atoms with E-state index >= 15 is 0 Å². The van der Waals surface area contributed by atoms with Crippen LogP contribution in [0.3, 0.4) is 0 Å². The van der Waals surface area contributed by atoms with Crippen molar-refractivity contribution in [3.63, 3.8) is 0 Å². The van der Waals surface area contributed by atoms with Gasteiger partial charge in [0.1, 0.15) is 17.6 Å². The highest BCUT2D eigenvalue weighted by molar-refractivity contribution is 5.44. The smallest absolute Gasteiger partial charge is 0.121 e. The van der Waals surface area contributed by atoms with Crippen LogP contribution in [0, 0.1) is 13.8 Å². The molecule has 0 aliphatic carbocycles. The molecular formula is C12H17NO2. The number of rotatable bonds is 2. The molecule has 15 heavy (non-hydrogen) atoms. The van der Waals surface area contributed by atoms with Crippen LogP contribution in [0.1, 0.15) is 17.5 Å². The van der Waals surface area contributed by atoms with Gasteiger partial charge in [-0.2, -0.15) is 0 Å². The molecule has 0 bridgehead atoms. The Morgan fingerprint density at radius 2 is 2.00 bits per heavy atom. The molecule has 2 N–H and O–H groups in total. The fraction of sp³-hybridized carbons (Fsp3) is 0.500. The minimum atomic E-state index is 0.272. The summed E-state index contributed by atoms with van der Waals surface area (Å²) < 4.78 is 5.82. The van der Waals surface area contributed by atoms with Crippen LogP contribution in [0.25, 0.3) is 0 Å². The van der Waals surface area contributed by atoms with Crippen molar-refractivity contribution in [2.24, 2.45) is 0 Å². The van der Waals surface area contributed by atoms with Gasteiger partial charge in [-0.15, -0.1) is 0 Å². The summed E-state index contributed by atoms with van der Waals surface area (Å²) in [6, 6.07) is 3.78. The molecule has 1 fully saturated rings. The minimum Gasteiger partial charge on any atom is -0.507 e. The first-order valence-electron chi connectivity index (χ1n) is 5.34. The quantitative estimate of drug-likeness (QED) is 0.776. The van der Waals surface area contributed by atoms with E-state index in [1.807, 2.05) is 26.0 Å². The maximum absolute atomic E-state index is 9.62. The first-order valence-corrected chi connectivity index (χ1v) is 5.34. The number of phenolic OH excluding ortho intramolecular Hbond substituents is 1. The zero-order valence-corrected chi connectivity index (χ0v) is 9.21. The lowest BCUT2D eigenvalue weighted by Gasteiger charge is -2.14. The Bertz CT molecular complexity index is 334. The van der Waals surface area contributed by atoms with E-state index < -0.39 is 0 Å². The normalized spacial score (nSPS) is 20.5. The van der Waals surface area contributed by atoms with E-state index in [-0.39, 0.29) is 6.10 Å². The zero-order valence-electron chi connectivity index (χ0n) is 9.21. The zero-order chi connectivity index (χ0) is 10.8. The van der Waals surface area contributed by atoms with E-state index in [0.29, 0.717) is 5.75 Å². The van der Waals surface area contributed by atoms with Crippen molar-refractivity contribution in [3.8, 4) is 11.5 Å². The lowest BCUT2D eigenvalue weighted by molar-refractivity contribution is 0.222. The molecule has 2 rings (SSSR count). The average molecular weight is 207 g/mol. The monoisotopic (exact) mass is 207 g/mol. The Morgan fingerprint density at radius 3 is 2.53 bits per heavy atom. The van der Waals surface area contributed by atoms with Crippen LogP contribution in [0.15, 0.2) is 12.1 Å². The summed E-state index contributed by atoms with van der Waals surface area (Å²) >= 11 is 0. The van der Waals surface area contributed by atoms with Gasteiger partial charge < -0.3 is 15.2 Å². The summed E-state index contributed by atoms with van der Waals surface area (Å²) in [6.45, 7) is 5.73. The minimum absolute atomic E-state index is 0.272. The molecule has 1 saturated heterocycles. The van der Waals surface area contributed by atoms with E-state index in [4.69, 9.17) is 4.74 Å². The molecule has 1 unspecified atom stereocenters. The first kappa shape index (κ1) is 10.3. The van der Waals surface area contributed by atoms with Crippen molar-refractivity contribution >= 4 is 0 Å². The molecule has 3 heteroatoms. The summed E-state index contributed by atoms with van der Waals surface area (Å²) in [5.74, 6) is 1.23. The van der Waals surface area contributed by atoms with Crippen molar-refractivity contribution in [1.29, 1.82) is 0 Å².